The molecule has 2 N–H and O–H groups in total. The molecule has 0 bridgehead atoms. The Labute approximate surface area is 158 Å². The number of ether oxygens (including phenoxy) is 1. The minimum atomic E-state index is -4.46. The number of nitrogens with one attached hydrogen (secondary N) is 2. The zero-order chi connectivity index (χ0) is 18.3. The van der Waals surface area contributed by atoms with Crippen molar-refractivity contribution in [2.75, 3.05) is 25.0 Å². The van der Waals surface area contributed by atoms with Crippen LogP contribution in [0.1, 0.15) is 44.6 Å². The molecule has 1 aromatic carbocycles. The van der Waals surface area contributed by atoms with E-state index in [2.05, 4.69) is 10.6 Å². The van der Waals surface area contributed by atoms with Gasteiger partial charge >= 0.3 is 6.18 Å². The molecule has 1 aliphatic heterocycles. The van der Waals surface area contributed by atoms with Gasteiger partial charge in [-0.05, 0) is 62.9 Å². The molecule has 0 atom stereocenters. The number of rotatable bonds is 7. The lowest BCUT2D eigenvalue weighted by atomic mass is 9.93. The molecular formula is C18H26ClF3N2O2. The van der Waals surface area contributed by atoms with E-state index in [-0.39, 0.29) is 29.8 Å². The smallest absolute Gasteiger partial charge is 0.416 e. The average molecular weight is 395 g/mol. The zero-order valence-electron chi connectivity index (χ0n) is 14.8. The number of amides is 1. The van der Waals surface area contributed by atoms with Gasteiger partial charge in [0.25, 0.3) is 0 Å². The van der Waals surface area contributed by atoms with Gasteiger partial charge in [-0.2, -0.15) is 13.2 Å². The second-order valence-electron chi connectivity index (χ2n) is 6.34. The van der Waals surface area contributed by atoms with Crippen LogP contribution in [0.5, 0.6) is 5.75 Å². The second kappa shape index (κ2) is 10.6. The van der Waals surface area contributed by atoms with Crippen LogP contribution in [0.2, 0.25) is 0 Å². The predicted octanol–water partition coefficient (Wildman–Crippen LogP) is 4.63. The monoisotopic (exact) mass is 394 g/mol. The summed E-state index contributed by atoms with van der Waals surface area (Å²) in [6, 6.07) is 3.17. The highest BCUT2D eigenvalue weighted by Gasteiger charge is 2.31. The van der Waals surface area contributed by atoms with Gasteiger partial charge in [-0.1, -0.05) is 6.92 Å². The van der Waals surface area contributed by atoms with Gasteiger partial charge < -0.3 is 15.4 Å². The van der Waals surface area contributed by atoms with Gasteiger partial charge in [0, 0.05) is 6.42 Å². The van der Waals surface area contributed by atoms with Gasteiger partial charge in [-0.3, -0.25) is 4.79 Å². The van der Waals surface area contributed by atoms with E-state index in [4.69, 9.17) is 4.74 Å². The first kappa shape index (κ1) is 22.6. The molecule has 1 amide bonds. The van der Waals surface area contributed by atoms with Gasteiger partial charge in [0.2, 0.25) is 5.91 Å². The number of halogens is 4. The third-order valence-corrected chi connectivity index (χ3v) is 4.28. The van der Waals surface area contributed by atoms with Crippen LogP contribution in [-0.4, -0.2) is 25.6 Å². The molecular weight excluding hydrogens is 369 g/mol. The Bertz CT molecular complexity index is 576. The molecule has 1 aromatic rings. The molecule has 1 fully saturated rings. The second-order valence-corrected chi connectivity index (χ2v) is 6.34. The van der Waals surface area contributed by atoms with Crippen molar-refractivity contribution in [3.63, 3.8) is 0 Å². The largest absolute Gasteiger partial charge is 0.491 e. The van der Waals surface area contributed by atoms with Crippen LogP contribution in [0.15, 0.2) is 18.2 Å². The molecule has 0 radical (unpaired) electrons. The summed E-state index contributed by atoms with van der Waals surface area (Å²) >= 11 is 0. The third kappa shape index (κ3) is 7.03. The molecule has 26 heavy (non-hydrogen) atoms. The lowest BCUT2D eigenvalue weighted by Crippen LogP contribution is -2.28. The van der Waals surface area contributed by atoms with Crippen molar-refractivity contribution < 1.29 is 22.7 Å². The molecule has 0 unspecified atom stereocenters. The van der Waals surface area contributed by atoms with E-state index in [0.29, 0.717) is 18.9 Å². The van der Waals surface area contributed by atoms with Gasteiger partial charge in [0.15, 0.2) is 0 Å². The molecule has 148 valence electrons. The summed E-state index contributed by atoms with van der Waals surface area (Å²) in [5.74, 6) is 0.480. The van der Waals surface area contributed by atoms with E-state index in [1.807, 2.05) is 6.92 Å². The van der Waals surface area contributed by atoms with Crippen LogP contribution in [0.3, 0.4) is 0 Å². The number of hydrogen-bond acceptors (Lipinski definition) is 3. The lowest BCUT2D eigenvalue weighted by Gasteiger charge is -2.22. The number of carbonyl (C=O) groups is 1. The Balaban J connectivity index is 0.00000338. The van der Waals surface area contributed by atoms with E-state index < -0.39 is 11.7 Å². The normalized spacial score (nSPS) is 15.2. The minimum absolute atomic E-state index is 0. The predicted molar refractivity (Wildman–Crippen MR) is 97.9 cm³/mol. The summed E-state index contributed by atoms with van der Waals surface area (Å²) in [6.45, 7) is 4.19. The van der Waals surface area contributed by atoms with E-state index in [1.165, 1.54) is 6.07 Å². The molecule has 8 heteroatoms. The van der Waals surface area contributed by atoms with Crippen molar-refractivity contribution in [3.8, 4) is 5.75 Å². The van der Waals surface area contributed by atoms with E-state index in [0.717, 1.165) is 50.9 Å². The molecule has 0 aliphatic carbocycles. The van der Waals surface area contributed by atoms with Crippen LogP contribution < -0.4 is 15.4 Å². The maximum atomic E-state index is 12.9. The van der Waals surface area contributed by atoms with Gasteiger partial charge in [-0.15, -0.1) is 12.4 Å². The summed E-state index contributed by atoms with van der Waals surface area (Å²) in [6.07, 6.45) is -0.628. The number of anilines is 1. The average Bonchev–Trinajstić information content (AvgIpc) is 2.59. The third-order valence-electron chi connectivity index (χ3n) is 4.28. The van der Waals surface area contributed by atoms with Crippen LogP contribution in [0, 0.1) is 5.92 Å². The van der Waals surface area contributed by atoms with Crippen LogP contribution in [-0.2, 0) is 11.0 Å². The summed E-state index contributed by atoms with van der Waals surface area (Å²) < 4.78 is 44.2. The van der Waals surface area contributed by atoms with Crippen molar-refractivity contribution in [1.82, 2.24) is 5.32 Å². The number of hydrogen-bond donors (Lipinski definition) is 2. The van der Waals surface area contributed by atoms with Crippen molar-refractivity contribution in [3.05, 3.63) is 23.8 Å². The Morgan fingerprint density at radius 3 is 2.62 bits per heavy atom. The van der Waals surface area contributed by atoms with E-state index in [9.17, 15) is 18.0 Å². The highest BCUT2D eigenvalue weighted by Crippen LogP contribution is 2.35. The molecule has 1 aliphatic rings. The van der Waals surface area contributed by atoms with Crippen LogP contribution in [0.25, 0.3) is 0 Å². The van der Waals surface area contributed by atoms with E-state index >= 15 is 0 Å². The molecule has 1 heterocycles. The topological polar surface area (TPSA) is 50.4 Å². The van der Waals surface area contributed by atoms with Crippen molar-refractivity contribution in [2.24, 2.45) is 5.92 Å². The zero-order valence-corrected chi connectivity index (χ0v) is 15.6. The fourth-order valence-corrected chi connectivity index (χ4v) is 2.86. The molecule has 2 rings (SSSR count). The van der Waals surface area contributed by atoms with Crippen molar-refractivity contribution in [1.29, 1.82) is 0 Å². The van der Waals surface area contributed by atoms with Crippen LogP contribution in [0.4, 0.5) is 18.9 Å². The first-order valence-electron chi connectivity index (χ1n) is 8.74. The molecule has 4 nitrogen and oxygen atoms in total. The Hall–Kier alpha value is -1.47. The summed E-state index contributed by atoms with van der Waals surface area (Å²) in [7, 11) is 0. The first-order chi connectivity index (χ1) is 11.9. The van der Waals surface area contributed by atoms with E-state index in [1.54, 1.807) is 0 Å². The number of carbonyl (C=O) groups excluding carboxylic acids is 1. The summed E-state index contributed by atoms with van der Waals surface area (Å²) in [4.78, 5) is 12.2. The first-order valence-corrected chi connectivity index (χ1v) is 8.74. The Kier molecular flexibility index (Phi) is 9.22. The fraction of sp³-hybridized carbons (Fsp3) is 0.611. The molecule has 1 saturated heterocycles. The lowest BCUT2D eigenvalue weighted by molar-refractivity contribution is -0.137. The van der Waals surface area contributed by atoms with Gasteiger partial charge in [-0.25, -0.2) is 0 Å². The molecule has 0 aromatic heterocycles. The van der Waals surface area contributed by atoms with Crippen molar-refractivity contribution in [2.45, 2.75) is 45.2 Å². The Morgan fingerprint density at radius 1 is 1.31 bits per heavy atom. The quantitative estimate of drug-likeness (QED) is 0.708. The SMILES string of the molecule is CCCOc1ccc(C(F)(F)F)cc1NC(=O)CCC1CCNCC1.Cl. The Morgan fingerprint density at radius 2 is 2.00 bits per heavy atom. The van der Waals surface area contributed by atoms with Crippen LogP contribution >= 0.6 is 12.4 Å². The number of alkyl halides is 3. The summed E-state index contributed by atoms with van der Waals surface area (Å²) in [5.41, 5.74) is -0.719. The standard InChI is InChI=1S/C18H25F3N2O2.ClH/c1-2-11-25-16-5-4-14(18(19,20)21)12-15(16)23-17(24)6-3-13-7-9-22-10-8-13;/h4-5,12-13,22H,2-3,6-11H2,1H3,(H,23,24);1H. The van der Waals surface area contributed by atoms with Gasteiger partial charge in [0.05, 0.1) is 17.9 Å². The van der Waals surface area contributed by atoms with Crippen molar-refractivity contribution >= 4 is 24.0 Å². The maximum Gasteiger partial charge on any atom is 0.416 e. The molecule has 0 saturated carbocycles. The molecule has 0 spiro atoms. The summed E-state index contributed by atoms with van der Waals surface area (Å²) in [5, 5.41) is 5.86. The fourth-order valence-electron chi connectivity index (χ4n) is 2.86. The highest BCUT2D eigenvalue weighted by atomic mass is 35.5. The number of benzene rings is 1. The minimum Gasteiger partial charge on any atom is -0.491 e. The highest BCUT2D eigenvalue weighted by molar-refractivity contribution is 5.92. The maximum absolute atomic E-state index is 12.9. The number of piperidine rings is 1. The van der Waals surface area contributed by atoms with Gasteiger partial charge in [0.1, 0.15) is 5.75 Å².